The van der Waals surface area contributed by atoms with Crippen LogP contribution in [0.5, 0.6) is 0 Å². The summed E-state index contributed by atoms with van der Waals surface area (Å²) in [4.78, 5) is 11.6. The molecule has 0 bridgehead atoms. The van der Waals surface area contributed by atoms with Gasteiger partial charge in [0.2, 0.25) is 5.91 Å². The summed E-state index contributed by atoms with van der Waals surface area (Å²) in [5.41, 5.74) is 3.34. The van der Waals surface area contributed by atoms with Crippen LogP contribution in [0.1, 0.15) is 63.9 Å². The highest BCUT2D eigenvalue weighted by molar-refractivity contribution is 6.33. The number of hydrogen-bond donors (Lipinski definition) is 1. The van der Waals surface area contributed by atoms with Gasteiger partial charge in [-0.2, -0.15) is 5.10 Å². The Morgan fingerprint density at radius 3 is 2.52 bits per heavy atom. The molecule has 0 heterocycles. The third-order valence-electron chi connectivity index (χ3n) is 3.31. The topological polar surface area (TPSA) is 41.5 Å². The SMILES string of the molecule is CCCCCCCCCC(=O)N/N=C/c1ccccc1Cl. The summed E-state index contributed by atoms with van der Waals surface area (Å²) < 4.78 is 0. The minimum Gasteiger partial charge on any atom is -0.273 e. The molecular formula is C17H25ClN2O. The first-order chi connectivity index (χ1) is 10.2. The van der Waals surface area contributed by atoms with Gasteiger partial charge in [0, 0.05) is 17.0 Å². The zero-order chi connectivity index (χ0) is 15.3. The zero-order valence-corrected chi connectivity index (χ0v) is 13.5. The average Bonchev–Trinajstić information content (AvgIpc) is 2.48. The Morgan fingerprint density at radius 1 is 1.14 bits per heavy atom. The lowest BCUT2D eigenvalue weighted by Gasteiger charge is -2.01. The Bertz CT molecular complexity index is 446. The van der Waals surface area contributed by atoms with Crippen LogP contribution in [0, 0.1) is 0 Å². The third kappa shape index (κ3) is 8.51. The molecule has 0 atom stereocenters. The van der Waals surface area contributed by atoms with Gasteiger partial charge in [-0.3, -0.25) is 4.79 Å². The van der Waals surface area contributed by atoms with E-state index in [1.165, 1.54) is 32.1 Å². The molecule has 1 rings (SSSR count). The highest BCUT2D eigenvalue weighted by Gasteiger charge is 1.99. The molecule has 0 aliphatic heterocycles. The Morgan fingerprint density at radius 2 is 1.81 bits per heavy atom. The maximum Gasteiger partial charge on any atom is 0.240 e. The number of unbranched alkanes of at least 4 members (excludes halogenated alkanes) is 6. The number of halogens is 1. The van der Waals surface area contributed by atoms with Gasteiger partial charge >= 0.3 is 0 Å². The van der Waals surface area contributed by atoms with Crippen LogP contribution >= 0.6 is 11.6 Å². The number of nitrogens with one attached hydrogen (secondary N) is 1. The molecule has 0 aliphatic rings. The number of carbonyl (C=O) groups excluding carboxylic acids is 1. The minimum atomic E-state index is -0.0353. The fourth-order valence-corrected chi connectivity index (χ4v) is 2.24. The number of nitrogens with zero attached hydrogens (tertiary/aromatic N) is 1. The maximum absolute atomic E-state index is 11.6. The average molecular weight is 309 g/mol. The van der Waals surface area contributed by atoms with Crippen molar-refractivity contribution >= 4 is 23.7 Å². The van der Waals surface area contributed by atoms with E-state index in [-0.39, 0.29) is 5.91 Å². The van der Waals surface area contributed by atoms with Crippen LogP contribution in [0.15, 0.2) is 29.4 Å². The first-order valence-corrected chi connectivity index (χ1v) is 8.18. The fourth-order valence-electron chi connectivity index (χ4n) is 2.05. The number of carbonyl (C=O) groups is 1. The van der Waals surface area contributed by atoms with Gasteiger partial charge in [-0.25, -0.2) is 5.43 Å². The number of hydrogen-bond acceptors (Lipinski definition) is 2. The lowest BCUT2D eigenvalue weighted by molar-refractivity contribution is -0.121. The van der Waals surface area contributed by atoms with Crippen LogP contribution in [0.4, 0.5) is 0 Å². The lowest BCUT2D eigenvalue weighted by atomic mass is 10.1. The molecule has 0 fully saturated rings. The molecule has 0 aliphatic carbocycles. The summed E-state index contributed by atoms with van der Waals surface area (Å²) in [5, 5.41) is 4.56. The van der Waals surface area contributed by atoms with Crippen LogP contribution in [-0.2, 0) is 4.79 Å². The van der Waals surface area contributed by atoms with Gasteiger partial charge in [-0.15, -0.1) is 0 Å². The number of benzene rings is 1. The third-order valence-corrected chi connectivity index (χ3v) is 3.65. The Balaban J connectivity index is 2.10. The smallest absolute Gasteiger partial charge is 0.240 e. The molecule has 1 aromatic carbocycles. The van der Waals surface area contributed by atoms with Crippen molar-refractivity contribution in [3.05, 3.63) is 34.9 Å². The molecule has 21 heavy (non-hydrogen) atoms. The van der Waals surface area contributed by atoms with Gasteiger partial charge in [-0.05, 0) is 12.5 Å². The molecule has 0 saturated carbocycles. The van der Waals surface area contributed by atoms with E-state index in [1.807, 2.05) is 18.2 Å². The molecular weight excluding hydrogens is 284 g/mol. The molecule has 116 valence electrons. The molecule has 1 amide bonds. The summed E-state index contributed by atoms with van der Waals surface area (Å²) in [7, 11) is 0. The summed E-state index contributed by atoms with van der Waals surface area (Å²) in [5.74, 6) is -0.0353. The Hall–Kier alpha value is -1.35. The Kier molecular flexibility index (Phi) is 9.55. The summed E-state index contributed by atoms with van der Waals surface area (Å²) in [6, 6.07) is 7.39. The van der Waals surface area contributed by atoms with Crippen molar-refractivity contribution in [2.45, 2.75) is 58.3 Å². The molecule has 4 heteroatoms. The van der Waals surface area contributed by atoms with Crippen molar-refractivity contribution in [1.29, 1.82) is 0 Å². The highest BCUT2D eigenvalue weighted by atomic mass is 35.5. The van der Waals surface area contributed by atoms with Crippen LogP contribution in [0.2, 0.25) is 5.02 Å². The quantitative estimate of drug-likeness (QED) is 0.371. The van der Waals surface area contributed by atoms with Gasteiger partial charge in [0.1, 0.15) is 0 Å². The van der Waals surface area contributed by atoms with E-state index in [9.17, 15) is 4.79 Å². The second kappa shape index (κ2) is 11.3. The van der Waals surface area contributed by atoms with E-state index < -0.39 is 0 Å². The minimum absolute atomic E-state index is 0.0353. The lowest BCUT2D eigenvalue weighted by Crippen LogP contribution is -2.16. The second-order valence-corrected chi connectivity index (χ2v) is 5.59. The Labute approximate surface area is 132 Å². The number of hydrazone groups is 1. The molecule has 0 aromatic heterocycles. The molecule has 1 aromatic rings. The molecule has 0 spiro atoms. The van der Waals surface area contributed by atoms with Gasteiger partial charge in [0.05, 0.1) is 6.21 Å². The van der Waals surface area contributed by atoms with Crippen LogP contribution < -0.4 is 5.43 Å². The van der Waals surface area contributed by atoms with E-state index in [2.05, 4.69) is 17.5 Å². The molecule has 0 radical (unpaired) electrons. The predicted molar refractivity (Wildman–Crippen MR) is 89.8 cm³/mol. The van der Waals surface area contributed by atoms with Crippen molar-refractivity contribution in [2.24, 2.45) is 5.10 Å². The predicted octanol–water partition coefficient (Wildman–Crippen LogP) is 4.93. The van der Waals surface area contributed by atoms with Crippen molar-refractivity contribution in [1.82, 2.24) is 5.43 Å². The monoisotopic (exact) mass is 308 g/mol. The van der Waals surface area contributed by atoms with Crippen molar-refractivity contribution in [2.75, 3.05) is 0 Å². The summed E-state index contributed by atoms with van der Waals surface area (Å²) >= 11 is 5.99. The summed E-state index contributed by atoms with van der Waals surface area (Å²) in [6.45, 7) is 2.22. The highest BCUT2D eigenvalue weighted by Crippen LogP contribution is 2.12. The summed E-state index contributed by atoms with van der Waals surface area (Å²) in [6.07, 6.45) is 10.5. The zero-order valence-electron chi connectivity index (χ0n) is 12.8. The van der Waals surface area contributed by atoms with Gasteiger partial charge in [-0.1, -0.05) is 75.2 Å². The standard InChI is InChI=1S/C17H25ClN2O/c1-2-3-4-5-6-7-8-13-17(21)20-19-14-15-11-9-10-12-16(15)18/h9-12,14H,2-8,13H2,1H3,(H,20,21)/b19-14+. The maximum atomic E-state index is 11.6. The van der Waals surface area contributed by atoms with Gasteiger partial charge in [0.15, 0.2) is 0 Å². The van der Waals surface area contributed by atoms with E-state index in [4.69, 9.17) is 11.6 Å². The van der Waals surface area contributed by atoms with Crippen molar-refractivity contribution < 1.29 is 4.79 Å². The second-order valence-electron chi connectivity index (χ2n) is 5.19. The largest absolute Gasteiger partial charge is 0.273 e. The number of amides is 1. The van der Waals surface area contributed by atoms with Crippen molar-refractivity contribution in [3.8, 4) is 0 Å². The number of rotatable bonds is 10. The van der Waals surface area contributed by atoms with Crippen LogP contribution in [0.3, 0.4) is 0 Å². The van der Waals surface area contributed by atoms with Crippen LogP contribution in [0.25, 0.3) is 0 Å². The van der Waals surface area contributed by atoms with E-state index >= 15 is 0 Å². The van der Waals surface area contributed by atoms with E-state index in [0.717, 1.165) is 18.4 Å². The van der Waals surface area contributed by atoms with Gasteiger partial charge in [0.25, 0.3) is 0 Å². The molecule has 1 N–H and O–H groups in total. The first-order valence-electron chi connectivity index (χ1n) is 7.80. The van der Waals surface area contributed by atoms with Gasteiger partial charge < -0.3 is 0 Å². The molecule has 0 unspecified atom stereocenters. The molecule has 0 saturated heterocycles. The fraction of sp³-hybridized carbons (Fsp3) is 0.529. The molecule has 3 nitrogen and oxygen atoms in total. The first kappa shape index (κ1) is 17.7. The van der Waals surface area contributed by atoms with E-state index in [0.29, 0.717) is 11.4 Å². The van der Waals surface area contributed by atoms with E-state index in [1.54, 1.807) is 12.3 Å². The van der Waals surface area contributed by atoms with Crippen LogP contribution in [-0.4, -0.2) is 12.1 Å². The van der Waals surface area contributed by atoms with Crippen molar-refractivity contribution in [3.63, 3.8) is 0 Å². The normalized spacial score (nSPS) is 11.0.